The van der Waals surface area contributed by atoms with E-state index in [9.17, 15) is 0 Å². The number of pyridine rings is 1. The summed E-state index contributed by atoms with van der Waals surface area (Å²) in [5.41, 5.74) is 3.76. The van der Waals surface area contributed by atoms with E-state index in [1.54, 1.807) is 6.20 Å². The molecule has 0 aliphatic carbocycles. The van der Waals surface area contributed by atoms with Gasteiger partial charge in [-0.15, -0.1) is 0 Å². The number of halogens is 2. The Morgan fingerprint density at radius 1 is 1.11 bits per heavy atom. The molecule has 2 aromatic rings. The van der Waals surface area contributed by atoms with Crippen LogP contribution in [-0.2, 0) is 6.42 Å². The highest BCUT2D eigenvalue weighted by molar-refractivity contribution is 9.10. The molecule has 0 amide bonds. The van der Waals surface area contributed by atoms with Gasteiger partial charge < -0.3 is 5.32 Å². The van der Waals surface area contributed by atoms with Crippen molar-refractivity contribution in [3.8, 4) is 0 Å². The zero-order chi connectivity index (χ0) is 13.8. The highest BCUT2D eigenvalue weighted by atomic mass is 79.9. The van der Waals surface area contributed by atoms with E-state index >= 15 is 0 Å². The fourth-order valence-corrected chi connectivity index (χ4v) is 3.19. The molecule has 2 rings (SSSR count). The lowest BCUT2D eigenvalue weighted by atomic mass is 9.98. The highest BCUT2D eigenvalue weighted by Gasteiger charge is 2.11. The summed E-state index contributed by atoms with van der Waals surface area (Å²) in [5.74, 6) is 0. The minimum atomic E-state index is 0.285. The molecule has 0 saturated heterocycles. The number of hydrogen-bond acceptors (Lipinski definition) is 2. The fraction of sp³-hybridized carbons (Fsp3) is 0.267. The van der Waals surface area contributed by atoms with Gasteiger partial charge in [0, 0.05) is 27.4 Å². The van der Waals surface area contributed by atoms with Crippen molar-refractivity contribution >= 4 is 31.9 Å². The zero-order valence-corrected chi connectivity index (χ0v) is 14.1. The normalized spacial score (nSPS) is 12.4. The molecule has 1 aromatic carbocycles. The van der Waals surface area contributed by atoms with E-state index in [0.717, 1.165) is 15.4 Å². The Labute approximate surface area is 130 Å². The van der Waals surface area contributed by atoms with E-state index in [1.165, 1.54) is 16.7 Å². The van der Waals surface area contributed by atoms with Crippen molar-refractivity contribution in [2.45, 2.75) is 19.4 Å². The van der Waals surface area contributed by atoms with Crippen molar-refractivity contribution in [2.24, 2.45) is 0 Å². The second kappa shape index (κ2) is 6.64. The van der Waals surface area contributed by atoms with Gasteiger partial charge in [-0.25, -0.2) is 0 Å². The Morgan fingerprint density at radius 2 is 1.89 bits per heavy atom. The van der Waals surface area contributed by atoms with Crippen LogP contribution in [-0.4, -0.2) is 12.0 Å². The summed E-state index contributed by atoms with van der Waals surface area (Å²) < 4.78 is 2.14. The molecular formula is C15H16Br2N2. The molecule has 1 heterocycles. The Kier molecular flexibility index (Phi) is 5.13. The average Bonchev–Trinajstić information content (AvgIpc) is 2.34. The van der Waals surface area contributed by atoms with Crippen LogP contribution in [0.2, 0.25) is 0 Å². The van der Waals surface area contributed by atoms with E-state index in [4.69, 9.17) is 0 Å². The maximum Gasteiger partial charge on any atom is 0.0410 e. The lowest BCUT2D eigenvalue weighted by molar-refractivity contribution is 0.590. The Balaban J connectivity index is 2.24. The second-order valence-corrected chi connectivity index (χ2v) is 6.45. The third-order valence-electron chi connectivity index (χ3n) is 3.02. The topological polar surface area (TPSA) is 24.9 Å². The van der Waals surface area contributed by atoms with Gasteiger partial charge in [-0.3, -0.25) is 4.98 Å². The quantitative estimate of drug-likeness (QED) is 0.845. The highest BCUT2D eigenvalue weighted by Crippen LogP contribution is 2.24. The third-order valence-corrected chi connectivity index (χ3v) is 3.91. The lowest BCUT2D eigenvalue weighted by Gasteiger charge is -2.18. The van der Waals surface area contributed by atoms with Crippen molar-refractivity contribution < 1.29 is 0 Å². The molecule has 100 valence electrons. The number of nitrogens with one attached hydrogen (secondary N) is 1. The first-order valence-electron chi connectivity index (χ1n) is 6.12. The number of hydrogen-bond donors (Lipinski definition) is 1. The first-order valence-corrected chi connectivity index (χ1v) is 7.71. The molecule has 19 heavy (non-hydrogen) atoms. The van der Waals surface area contributed by atoms with Crippen molar-refractivity contribution in [1.82, 2.24) is 10.3 Å². The zero-order valence-electron chi connectivity index (χ0n) is 11.0. The number of benzene rings is 1. The molecule has 0 fully saturated rings. The molecular weight excluding hydrogens is 368 g/mol. The summed E-state index contributed by atoms with van der Waals surface area (Å²) in [7, 11) is 1.99. The summed E-state index contributed by atoms with van der Waals surface area (Å²) in [6.45, 7) is 2.11. The maximum atomic E-state index is 4.22. The standard InChI is InChI=1S/C15H16Br2N2/c1-10-3-12(7-13(16)4-10)15(18-2)6-11-5-14(17)9-19-8-11/h3-5,7-9,15,18H,6H2,1-2H3. The fourth-order valence-electron chi connectivity index (χ4n) is 2.16. The van der Waals surface area contributed by atoms with Gasteiger partial charge in [0.1, 0.15) is 0 Å². The summed E-state index contributed by atoms with van der Waals surface area (Å²) in [4.78, 5) is 4.22. The molecule has 2 nitrogen and oxygen atoms in total. The van der Waals surface area contributed by atoms with Crippen LogP contribution in [0, 0.1) is 6.92 Å². The van der Waals surface area contributed by atoms with Gasteiger partial charge >= 0.3 is 0 Å². The SMILES string of the molecule is CNC(Cc1cncc(Br)c1)c1cc(C)cc(Br)c1. The molecule has 0 aliphatic rings. The van der Waals surface area contributed by atoms with Gasteiger partial charge in [0.2, 0.25) is 0 Å². The number of aryl methyl sites for hydroxylation is 1. The van der Waals surface area contributed by atoms with Gasteiger partial charge in [-0.2, -0.15) is 0 Å². The molecule has 1 atom stereocenters. The smallest absolute Gasteiger partial charge is 0.0410 e. The van der Waals surface area contributed by atoms with Crippen molar-refractivity contribution in [3.05, 3.63) is 62.3 Å². The van der Waals surface area contributed by atoms with Gasteiger partial charge in [-0.1, -0.05) is 22.0 Å². The van der Waals surface area contributed by atoms with E-state index in [0.29, 0.717) is 0 Å². The maximum absolute atomic E-state index is 4.22. The van der Waals surface area contributed by atoms with Crippen LogP contribution >= 0.6 is 31.9 Å². The predicted molar refractivity (Wildman–Crippen MR) is 86.3 cm³/mol. The van der Waals surface area contributed by atoms with Crippen molar-refractivity contribution in [3.63, 3.8) is 0 Å². The first kappa shape index (κ1) is 14.7. The van der Waals surface area contributed by atoms with Gasteiger partial charge in [0.25, 0.3) is 0 Å². The minimum Gasteiger partial charge on any atom is -0.313 e. The molecule has 0 spiro atoms. The number of aromatic nitrogens is 1. The van der Waals surface area contributed by atoms with Crippen LogP contribution in [0.25, 0.3) is 0 Å². The molecule has 4 heteroatoms. The minimum absolute atomic E-state index is 0.285. The summed E-state index contributed by atoms with van der Waals surface area (Å²) in [5, 5.41) is 3.38. The Hall–Kier alpha value is -0.710. The Morgan fingerprint density at radius 3 is 2.53 bits per heavy atom. The molecule has 0 radical (unpaired) electrons. The molecule has 0 bridgehead atoms. The van der Waals surface area contributed by atoms with Crippen LogP contribution in [0.3, 0.4) is 0 Å². The van der Waals surface area contributed by atoms with Gasteiger partial charge in [-0.05, 0) is 71.2 Å². The molecule has 0 aliphatic heterocycles. The van der Waals surface area contributed by atoms with Gasteiger partial charge in [0.05, 0.1) is 0 Å². The average molecular weight is 384 g/mol. The molecule has 1 unspecified atom stereocenters. The van der Waals surface area contributed by atoms with Crippen molar-refractivity contribution in [1.29, 1.82) is 0 Å². The second-order valence-electron chi connectivity index (χ2n) is 4.62. The van der Waals surface area contributed by atoms with Crippen molar-refractivity contribution in [2.75, 3.05) is 7.05 Å². The van der Waals surface area contributed by atoms with Crippen LogP contribution < -0.4 is 5.32 Å². The monoisotopic (exact) mass is 382 g/mol. The third kappa shape index (κ3) is 4.13. The molecule has 1 aromatic heterocycles. The van der Waals surface area contributed by atoms with Gasteiger partial charge in [0.15, 0.2) is 0 Å². The van der Waals surface area contributed by atoms with Crippen LogP contribution in [0.4, 0.5) is 0 Å². The summed E-state index contributed by atoms with van der Waals surface area (Å²) in [6.07, 6.45) is 4.64. The predicted octanol–water partition coefficient (Wildman–Crippen LogP) is 4.42. The lowest BCUT2D eigenvalue weighted by Crippen LogP contribution is -2.19. The van der Waals surface area contributed by atoms with E-state index in [1.807, 2.05) is 13.2 Å². The number of rotatable bonds is 4. The van der Waals surface area contributed by atoms with E-state index < -0.39 is 0 Å². The molecule has 1 N–H and O–H groups in total. The van der Waals surface area contributed by atoms with Crippen LogP contribution in [0.15, 0.2) is 45.6 Å². The van der Waals surface area contributed by atoms with E-state index in [2.05, 4.69) is 73.3 Å². The number of likely N-dealkylation sites (N-methyl/N-ethyl adjacent to an activating group) is 1. The van der Waals surface area contributed by atoms with Crippen LogP contribution in [0.1, 0.15) is 22.7 Å². The summed E-state index contributed by atoms with van der Waals surface area (Å²) >= 11 is 7.02. The first-order chi connectivity index (χ1) is 9.08. The van der Waals surface area contributed by atoms with Crippen LogP contribution in [0.5, 0.6) is 0 Å². The Bertz CT molecular complexity index is 550. The summed E-state index contributed by atoms with van der Waals surface area (Å²) in [6, 6.07) is 8.91. The number of nitrogens with zero attached hydrogens (tertiary/aromatic N) is 1. The molecule has 0 saturated carbocycles. The largest absolute Gasteiger partial charge is 0.313 e. The van der Waals surface area contributed by atoms with E-state index in [-0.39, 0.29) is 6.04 Å².